The highest BCUT2D eigenvalue weighted by molar-refractivity contribution is 6.30. The number of pyridine rings is 1. The molecule has 0 aromatic carbocycles. The summed E-state index contributed by atoms with van der Waals surface area (Å²) < 4.78 is 0. The molecule has 1 aromatic heterocycles. The van der Waals surface area contributed by atoms with Crippen molar-refractivity contribution in [3.8, 4) is 0 Å². The Bertz CT molecular complexity index is 414. The second-order valence-corrected chi connectivity index (χ2v) is 4.75. The maximum atomic E-state index is 5.94. The third-order valence-corrected chi connectivity index (χ3v) is 3.57. The molecule has 0 amide bonds. The first kappa shape index (κ1) is 9.37. The zero-order chi connectivity index (χ0) is 10.3. The van der Waals surface area contributed by atoms with Crippen LogP contribution in [0.4, 0.5) is 0 Å². The third-order valence-electron chi connectivity index (χ3n) is 3.36. The monoisotopic (exact) mass is 220 g/mol. The van der Waals surface area contributed by atoms with E-state index in [2.05, 4.69) is 16.4 Å². The van der Waals surface area contributed by atoms with Crippen molar-refractivity contribution in [1.29, 1.82) is 0 Å². The van der Waals surface area contributed by atoms with Crippen LogP contribution in [-0.2, 0) is 0 Å². The Labute approximate surface area is 94.4 Å². The van der Waals surface area contributed by atoms with Gasteiger partial charge in [-0.1, -0.05) is 17.7 Å². The van der Waals surface area contributed by atoms with Crippen molar-refractivity contribution in [2.45, 2.75) is 18.9 Å². The van der Waals surface area contributed by atoms with E-state index in [1.165, 1.54) is 24.1 Å². The highest BCUT2D eigenvalue weighted by atomic mass is 35.5. The smallest absolute Gasteiger partial charge is 0.0595 e. The van der Waals surface area contributed by atoms with E-state index in [-0.39, 0.29) is 0 Å². The second kappa shape index (κ2) is 3.62. The van der Waals surface area contributed by atoms with E-state index in [4.69, 9.17) is 11.6 Å². The van der Waals surface area contributed by atoms with Gasteiger partial charge in [0.2, 0.25) is 0 Å². The molecule has 1 aliphatic heterocycles. The molecule has 0 radical (unpaired) electrons. The van der Waals surface area contributed by atoms with E-state index in [9.17, 15) is 0 Å². The Balaban J connectivity index is 1.91. The van der Waals surface area contributed by atoms with Gasteiger partial charge in [0.05, 0.1) is 5.02 Å². The number of rotatable bonds is 1. The summed E-state index contributed by atoms with van der Waals surface area (Å²) in [6, 6.07) is 2.59. The second-order valence-electron chi connectivity index (χ2n) is 4.32. The maximum Gasteiger partial charge on any atom is 0.0595 e. The predicted octanol–water partition coefficient (Wildman–Crippen LogP) is 2.50. The summed E-state index contributed by atoms with van der Waals surface area (Å²) in [6.07, 6.45) is 8.36. The van der Waals surface area contributed by atoms with Crippen molar-refractivity contribution >= 4 is 17.2 Å². The molecular formula is C12H13ClN2. The lowest BCUT2D eigenvalue weighted by Crippen LogP contribution is -2.52. The standard InChI is InChI=1S/C12H13ClN2/c13-11-3-10(5-14-7-11)8-1-2-9-6-15-12(9)4-8/h3-5,7,9,12,15H,1-2,6H2. The number of aromatic nitrogens is 1. The SMILES string of the molecule is Clc1cncc(C2=CC3NCC3CC2)c1. The summed E-state index contributed by atoms with van der Waals surface area (Å²) in [7, 11) is 0. The summed E-state index contributed by atoms with van der Waals surface area (Å²) in [6.45, 7) is 1.18. The van der Waals surface area contributed by atoms with Gasteiger partial charge < -0.3 is 5.32 Å². The fourth-order valence-electron chi connectivity index (χ4n) is 2.37. The molecule has 15 heavy (non-hydrogen) atoms. The van der Waals surface area contributed by atoms with Crippen LogP contribution in [0.5, 0.6) is 0 Å². The number of fused-ring (bicyclic) bond motifs is 1. The van der Waals surface area contributed by atoms with E-state index >= 15 is 0 Å². The average molecular weight is 221 g/mol. The minimum Gasteiger partial charge on any atom is -0.310 e. The van der Waals surface area contributed by atoms with Crippen molar-refractivity contribution in [3.05, 3.63) is 35.1 Å². The molecule has 3 heteroatoms. The molecule has 3 rings (SSSR count). The Kier molecular flexibility index (Phi) is 2.26. The topological polar surface area (TPSA) is 24.9 Å². The van der Waals surface area contributed by atoms with Gasteiger partial charge in [0.15, 0.2) is 0 Å². The van der Waals surface area contributed by atoms with Crippen LogP contribution in [0, 0.1) is 5.92 Å². The van der Waals surface area contributed by atoms with Crippen molar-refractivity contribution < 1.29 is 0 Å². The number of hydrogen-bond acceptors (Lipinski definition) is 2. The first-order valence-electron chi connectivity index (χ1n) is 5.38. The van der Waals surface area contributed by atoms with Crippen LogP contribution in [0.15, 0.2) is 24.5 Å². The highest BCUT2D eigenvalue weighted by Gasteiger charge is 2.31. The van der Waals surface area contributed by atoms with Gasteiger partial charge in [-0.05, 0) is 36.0 Å². The maximum absolute atomic E-state index is 5.94. The summed E-state index contributed by atoms with van der Waals surface area (Å²) >= 11 is 5.94. The zero-order valence-electron chi connectivity index (χ0n) is 8.41. The molecule has 0 spiro atoms. The van der Waals surface area contributed by atoms with Crippen molar-refractivity contribution in [2.75, 3.05) is 6.54 Å². The van der Waals surface area contributed by atoms with Crippen molar-refractivity contribution in [1.82, 2.24) is 10.3 Å². The van der Waals surface area contributed by atoms with Crippen LogP contribution >= 0.6 is 11.6 Å². The van der Waals surface area contributed by atoms with Gasteiger partial charge in [-0.2, -0.15) is 0 Å². The molecular weight excluding hydrogens is 208 g/mol. The molecule has 1 aromatic rings. The fourth-order valence-corrected chi connectivity index (χ4v) is 2.54. The van der Waals surface area contributed by atoms with Crippen molar-refractivity contribution in [2.24, 2.45) is 5.92 Å². The summed E-state index contributed by atoms with van der Waals surface area (Å²) in [4.78, 5) is 4.13. The quantitative estimate of drug-likeness (QED) is 0.787. The molecule has 2 heterocycles. The predicted molar refractivity (Wildman–Crippen MR) is 61.7 cm³/mol. The number of nitrogens with one attached hydrogen (secondary N) is 1. The normalized spacial score (nSPS) is 29.0. The van der Waals surface area contributed by atoms with Gasteiger partial charge in [-0.15, -0.1) is 0 Å². The number of nitrogens with zero attached hydrogens (tertiary/aromatic N) is 1. The summed E-state index contributed by atoms with van der Waals surface area (Å²) in [5.41, 5.74) is 2.56. The third kappa shape index (κ3) is 1.68. The zero-order valence-corrected chi connectivity index (χ0v) is 9.17. The lowest BCUT2D eigenvalue weighted by Gasteiger charge is -2.40. The van der Waals surface area contributed by atoms with Crippen LogP contribution in [-0.4, -0.2) is 17.6 Å². The number of allylic oxidation sites excluding steroid dienone is 1. The van der Waals surface area contributed by atoms with Gasteiger partial charge in [0, 0.05) is 25.0 Å². The molecule has 78 valence electrons. The van der Waals surface area contributed by atoms with Gasteiger partial charge in [0.1, 0.15) is 0 Å². The van der Waals surface area contributed by atoms with Crippen LogP contribution < -0.4 is 5.32 Å². The molecule has 1 N–H and O–H groups in total. The minimum absolute atomic E-state index is 0.590. The van der Waals surface area contributed by atoms with E-state index < -0.39 is 0 Å². The van der Waals surface area contributed by atoms with Crippen LogP contribution in [0.2, 0.25) is 5.02 Å². The average Bonchev–Trinajstić information content (AvgIpc) is 2.20. The van der Waals surface area contributed by atoms with Gasteiger partial charge >= 0.3 is 0 Å². The van der Waals surface area contributed by atoms with Crippen LogP contribution in [0.3, 0.4) is 0 Å². The van der Waals surface area contributed by atoms with E-state index in [0.29, 0.717) is 6.04 Å². The number of hydrogen-bond donors (Lipinski definition) is 1. The van der Waals surface area contributed by atoms with Gasteiger partial charge in [-0.25, -0.2) is 0 Å². The molecule has 1 fully saturated rings. The molecule has 1 aliphatic carbocycles. The molecule has 2 unspecified atom stereocenters. The Hall–Kier alpha value is -0.860. The summed E-state index contributed by atoms with van der Waals surface area (Å²) in [5, 5.41) is 4.15. The highest BCUT2D eigenvalue weighted by Crippen LogP contribution is 2.34. The van der Waals surface area contributed by atoms with E-state index in [0.717, 1.165) is 17.4 Å². The Morgan fingerprint density at radius 2 is 2.33 bits per heavy atom. The first-order valence-corrected chi connectivity index (χ1v) is 5.76. The molecule has 1 saturated heterocycles. The summed E-state index contributed by atoms with van der Waals surface area (Å²) in [5.74, 6) is 0.862. The molecule has 2 nitrogen and oxygen atoms in total. The minimum atomic E-state index is 0.590. The molecule has 0 saturated carbocycles. The Morgan fingerprint density at radius 1 is 1.40 bits per heavy atom. The fraction of sp³-hybridized carbons (Fsp3) is 0.417. The lowest BCUT2D eigenvalue weighted by atomic mass is 9.79. The molecule has 0 bridgehead atoms. The van der Waals surface area contributed by atoms with E-state index in [1.807, 2.05) is 12.3 Å². The number of halogens is 1. The lowest BCUT2D eigenvalue weighted by molar-refractivity contribution is 0.256. The van der Waals surface area contributed by atoms with Gasteiger partial charge in [-0.3, -0.25) is 4.98 Å². The van der Waals surface area contributed by atoms with Crippen LogP contribution in [0.1, 0.15) is 18.4 Å². The van der Waals surface area contributed by atoms with Crippen LogP contribution in [0.25, 0.3) is 5.57 Å². The Morgan fingerprint density at radius 3 is 3.00 bits per heavy atom. The molecule has 2 aliphatic rings. The van der Waals surface area contributed by atoms with Crippen molar-refractivity contribution in [3.63, 3.8) is 0 Å². The van der Waals surface area contributed by atoms with Gasteiger partial charge in [0.25, 0.3) is 0 Å². The first-order chi connectivity index (χ1) is 7.33. The largest absolute Gasteiger partial charge is 0.310 e. The van der Waals surface area contributed by atoms with E-state index in [1.54, 1.807) is 6.20 Å². The molecule has 2 atom stereocenters.